The number of benzene rings is 2. The molecule has 6 heteroatoms. The summed E-state index contributed by atoms with van der Waals surface area (Å²) >= 11 is 0. The van der Waals surface area contributed by atoms with E-state index in [9.17, 15) is 14.4 Å². The summed E-state index contributed by atoms with van der Waals surface area (Å²) in [6.07, 6.45) is 0.732. The number of fused-ring (bicyclic) bond motifs is 1. The van der Waals surface area contributed by atoms with E-state index in [2.05, 4.69) is 10.3 Å². The Kier molecular flexibility index (Phi) is 5.02. The summed E-state index contributed by atoms with van der Waals surface area (Å²) in [5.74, 6) is -0.281. The molecule has 0 saturated heterocycles. The molecule has 6 nitrogen and oxygen atoms in total. The molecule has 0 aliphatic heterocycles. The smallest absolute Gasteiger partial charge is 0.329 e. The molecule has 3 aromatic rings. The van der Waals surface area contributed by atoms with E-state index >= 15 is 0 Å². The van der Waals surface area contributed by atoms with E-state index in [0.717, 1.165) is 17.5 Å². The van der Waals surface area contributed by atoms with Crippen LogP contribution >= 0.6 is 0 Å². The molecule has 0 aliphatic rings. The van der Waals surface area contributed by atoms with Crippen molar-refractivity contribution in [1.29, 1.82) is 0 Å². The average Bonchev–Trinajstić information content (AvgIpc) is 2.64. The third-order valence-electron chi connectivity index (χ3n) is 4.43. The third kappa shape index (κ3) is 3.59. The lowest BCUT2D eigenvalue weighted by molar-refractivity contribution is -0.122. The molecule has 0 fully saturated rings. The van der Waals surface area contributed by atoms with E-state index in [1.807, 2.05) is 38.1 Å². The van der Waals surface area contributed by atoms with Crippen molar-refractivity contribution in [1.82, 2.24) is 14.9 Å². The van der Waals surface area contributed by atoms with Gasteiger partial charge in [0.1, 0.15) is 6.54 Å². The van der Waals surface area contributed by atoms with Crippen LogP contribution in [0.5, 0.6) is 0 Å². The van der Waals surface area contributed by atoms with Gasteiger partial charge in [-0.3, -0.25) is 19.1 Å². The van der Waals surface area contributed by atoms with Crippen molar-refractivity contribution in [2.45, 2.75) is 32.9 Å². The number of hydrogen-bond acceptors (Lipinski definition) is 3. The van der Waals surface area contributed by atoms with Gasteiger partial charge in [0.05, 0.1) is 16.9 Å². The number of amides is 1. The molecule has 2 N–H and O–H groups in total. The number of carbonyl (C=O) groups is 1. The Morgan fingerprint density at radius 1 is 1.12 bits per heavy atom. The van der Waals surface area contributed by atoms with Crippen LogP contribution in [0.15, 0.2) is 58.1 Å². The van der Waals surface area contributed by atoms with Crippen LogP contribution < -0.4 is 16.6 Å². The van der Waals surface area contributed by atoms with Gasteiger partial charge in [-0.05, 0) is 31.0 Å². The molecular formula is C20H21N3O3. The van der Waals surface area contributed by atoms with Crippen LogP contribution in [0.25, 0.3) is 10.9 Å². The fourth-order valence-corrected chi connectivity index (χ4v) is 3.00. The molecule has 0 spiro atoms. The molecule has 0 saturated carbocycles. The molecule has 1 amide bonds. The highest BCUT2D eigenvalue weighted by molar-refractivity contribution is 5.81. The molecule has 2 aromatic carbocycles. The zero-order valence-electron chi connectivity index (χ0n) is 14.8. The van der Waals surface area contributed by atoms with Gasteiger partial charge in [0, 0.05) is 0 Å². The van der Waals surface area contributed by atoms with Gasteiger partial charge in [0.2, 0.25) is 5.91 Å². The second-order valence-corrected chi connectivity index (χ2v) is 6.30. The molecule has 134 valence electrons. The molecule has 0 bridgehead atoms. The summed E-state index contributed by atoms with van der Waals surface area (Å²) in [4.78, 5) is 38.9. The van der Waals surface area contributed by atoms with Gasteiger partial charge in [-0.2, -0.15) is 0 Å². The molecule has 1 aromatic heterocycles. The van der Waals surface area contributed by atoms with Crippen LogP contribution in [0, 0.1) is 6.92 Å². The number of aromatic nitrogens is 2. The number of H-pyrrole nitrogens is 1. The monoisotopic (exact) mass is 351 g/mol. The number of nitrogens with zero attached hydrogens (tertiary/aromatic N) is 1. The summed E-state index contributed by atoms with van der Waals surface area (Å²) in [5.41, 5.74) is 1.58. The van der Waals surface area contributed by atoms with Crippen LogP contribution in [-0.2, 0) is 11.3 Å². The molecule has 26 heavy (non-hydrogen) atoms. The topological polar surface area (TPSA) is 84.0 Å². The predicted octanol–water partition coefficient (Wildman–Crippen LogP) is 2.27. The first kappa shape index (κ1) is 17.7. The number of carbonyl (C=O) groups excluding carboxylic acids is 1. The Hall–Kier alpha value is -3.15. The summed E-state index contributed by atoms with van der Waals surface area (Å²) in [7, 11) is 0. The maximum Gasteiger partial charge on any atom is 0.329 e. The second-order valence-electron chi connectivity index (χ2n) is 6.30. The fraction of sp³-hybridized carbons (Fsp3) is 0.250. The lowest BCUT2D eigenvalue weighted by Crippen LogP contribution is -2.37. The van der Waals surface area contributed by atoms with Crippen LogP contribution in [0.2, 0.25) is 0 Å². The first-order chi connectivity index (χ1) is 12.5. The molecule has 0 radical (unpaired) electrons. The minimum Gasteiger partial charge on any atom is -0.348 e. The van der Waals surface area contributed by atoms with E-state index in [0.29, 0.717) is 10.9 Å². The van der Waals surface area contributed by atoms with Gasteiger partial charge in [-0.1, -0.05) is 48.9 Å². The van der Waals surface area contributed by atoms with Crippen molar-refractivity contribution in [3.05, 3.63) is 80.5 Å². The Bertz CT molecular complexity index is 1050. The minimum atomic E-state index is -0.591. The van der Waals surface area contributed by atoms with Crippen molar-refractivity contribution < 1.29 is 4.79 Å². The van der Waals surface area contributed by atoms with E-state index in [1.165, 1.54) is 4.57 Å². The number of aromatic amines is 1. The number of para-hydroxylation sites is 1. The van der Waals surface area contributed by atoms with Gasteiger partial charge in [0.15, 0.2) is 0 Å². The van der Waals surface area contributed by atoms with Crippen molar-refractivity contribution in [2.75, 3.05) is 0 Å². The van der Waals surface area contributed by atoms with Crippen molar-refractivity contribution >= 4 is 16.8 Å². The number of rotatable bonds is 5. The molecule has 1 unspecified atom stereocenters. The Balaban J connectivity index is 1.86. The SMILES string of the molecule is CCC(NC(=O)Cn1c(=O)[nH]c(=O)c2ccccc21)c1ccc(C)cc1. The first-order valence-corrected chi connectivity index (χ1v) is 8.57. The summed E-state index contributed by atoms with van der Waals surface area (Å²) in [5, 5.41) is 3.35. The number of hydrogen-bond donors (Lipinski definition) is 2. The molecule has 1 atom stereocenters. The highest BCUT2D eigenvalue weighted by atomic mass is 16.2. The van der Waals surface area contributed by atoms with Crippen molar-refractivity contribution in [3.8, 4) is 0 Å². The quantitative estimate of drug-likeness (QED) is 0.739. The lowest BCUT2D eigenvalue weighted by atomic mass is 10.0. The van der Waals surface area contributed by atoms with E-state index in [-0.39, 0.29) is 18.5 Å². The maximum atomic E-state index is 12.5. The Morgan fingerprint density at radius 3 is 2.50 bits per heavy atom. The standard InChI is InChI=1S/C20H21N3O3/c1-3-16(14-10-8-13(2)9-11-14)21-18(24)12-23-17-7-5-4-6-15(17)19(25)22-20(23)26/h4-11,16H,3,12H2,1-2H3,(H,21,24)(H,22,25,26). The van der Waals surface area contributed by atoms with Gasteiger partial charge in [-0.15, -0.1) is 0 Å². The van der Waals surface area contributed by atoms with Crippen molar-refractivity contribution in [2.24, 2.45) is 0 Å². The number of nitrogens with one attached hydrogen (secondary N) is 2. The van der Waals surface area contributed by atoms with Gasteiger partial charge < -0.3 is 5.32 Å². The third-order valence-corrected chi connectivity index (χ3v) is 4.43. The molecule has 0 aliphatic carbocycles. The zero-order valence-corrected chi connectivity index (χ0v) is 14.8. The van der Waals surface area contributed by atoms with E-state index in [1.54, 1.807) is 24.3 Å². The van der Waals surface area contributed by atoms with E-state index < -0.39 is 11.2 Å². The van der Waals surface area contributed by atoms with Crippen LogP contribution in [-0.4, -0.2) is 15.5 Å². The lowest BCUT2D eigenvalue weighted by Gasteiger charge is -2.18. The van der Waals surface area contributed by atoms with Crippen LogP contribution in [0.1, 0.15) is 30.5 Å². The minimum absolute atomic E-state index is 0.132. The summed E-state index contributed by atoms with van der Waals surface area (Å²) < 4.78 is 1.29. The highest BCUT2D eigenvalue weighted by Crippen LogP contribution is 2.17. The van der Waals surface area contributed by atoms with Gasteiger partial charge in [0.25, 0.3) is 5.56 Å². The second kappa shape index (κ2) is 7.39. The van der Waals surface area contributed by atoms with Gasteiger partial charge >= 0.3 is 5.69 Å². The number of aryl methyl sites for hydroxylation is 1. The first-order valence-electron chi connectivity index (χ1n) is 8.57. The zero-order chi connectivity index (χ0) is 18.7. The normalized spacial score (nSPS) is 12.1. The summed E-state index contributed by atoms with van der Waals surface area (Å²) in [6, 6.07) is 14.6. The predicted molar refractivity (Wildman–Crippen MR) is 101 cm³/mol. The van der Waals surface area contributed by atoms with Crippen LogP contribution in [0.4, 0.5) is 0 Å². The van der Waals surface area contributed by atoms with E-state index in [4.69, 9.17) is 0 Å². The Morgan fingerprint density at radius 2 is 1.81 bits per heavy atom. The molecular weight excluding hydrogens is 330 g/mol. The fourth-order valence-electron chi connectivity index (χ4n) is 3.00. The molecule has 1 heterocycles. The maximum absolute atomic E-state index is 12.5. The average molecular weight is 351 g/mol. The molecule has 3 rings (SSSR count). The van der Waals surface area contributed by atoms with Gasteiger partial charge in [-0.25, -0.2) is 4.79 Å². The van der Waals surface area contributed by atoms with Crippen molar-refractivity contribution in [3.63, 3.8) is 0 Å². The highest BCUT2D eigenvalue weighted by Gasteiger charge is 2.15. The summed E-state index contributed by atoms with van der Waals surface area (Å²) in [6.45, 7) is 3.85. The van der Waals surface area contributed by atoms with Crippen LogP contribution in [0.3, 0.4) is 0 Å². The Labute approximate surface area is 150 Å². The largest absolute Gasteiger partial charge is 0.348 e.